The average molecular weight is 325 g/mol. The first kappa shape index (κ1) is 17.1. The summed E-state index contributed by atoms with van der Waals surface area (Å²) in [5, 5.41) is 3.36. The molecule has 6 heteroatoms. The van der Waals surface area contributed by atoms with Crippen molar-refractivity contribution in [3.05, 3.63) is 0 Å². The van der Waals surface area contributed by atoms with Crippen LogP contribution in [0.4, 0.5) is 0 Å². The summed E-state index contributed by atoms with van der Waals surface area (Å²) in [6, 6.07) is 0.476. The molecule has 3 fully saturated rings. The highest BCUT2D eigenvalue weighted by molar-refractivity contribution is 5.83. The number of methoxy groups -OCH3 is 1. The zero-order chi connectivity index (χ0) is 16.3. The smallest absolute Gasteiger partial charge is 0.231 e. The van der Waals surface area contributed by atoms with E-state index in [4.69, 9.17) is 9.47 Å². The van der Waals surface area contributed by atoms with E-state index in [1.807, 2.05) is 0 Å². The van der Waals surface area contributed by atoms with Gasteiger partial charge in [0, 0.05) is 39.3 Å². The molecule has 0 radical (unpaired) electrons. The van der Waals surface area contributed by atoms with Crippen molar-refractivity contribution in [1.82, 2.24) is 15.1 Å². The van der Waals surface area contributed by atoms with Gasteiger partial charge in [0.2, 0.25) is 5.91 Å². The third-order valence-electron chi connectivity index (χ3n) is 5.81. The van der Waals surface area contributed by atoms with Crippen LogP contribution in [0.3, 0.4) is 0 Å². The van der Waals surface area contributed by atoms with Crippen molar-refractivity contribution in [2.24, 2.45) is 11.3 Å². The summed E-state index contributed by atoms with van der Waals surface area (Å²) in [4.78, 5) is 17.9. The molecule has 1 N–H and O–H groups in total. The maximum atomic E-state index is 13.3. The van der Waals surface area contributed by atoms with Gasteiger partial charge in [-0.2, -0.15) is 0 Å². The van der Waals surface area contributed by atoms with Gasteiger partial charge in [-0.1, -0.05) is 6.92 Å². The number of carbonyl (C=O) groups excluding carboxylic acids is 1. The van der Waals surface area contributed by atoms with Crippen molar-refractivity contribution >= 4 is 5.91 Å². The van der Waals surface area contributed by atoms with Gasteiger partial charge >= 0.3 is 0 Å². The SMILES string of the molecule is COCC1(C(=O)N2CC(C)C(N3CCOCC3)C2)CCNCC1. The van der Waals surface area contributed by atoms with E-state index in [2.05, 4.69) is 22.0 Å². The standard InChI is InChI=1S/C17H31N3O3/c1-14-11-20(12-15(14)19-7-9-23-10-8-19)16(21)17(13-22-2)3-5-18-6-4-17/h14-15,18H,3-13H2,1-2H3. The van der Waals surface area contributed by atoms with Crippen molar-refractivity contribution in [2.45, 2.75) is 25.8 Å². The fourth-order valence-electron chi connectivity index (χ4n) is 4.44. The van der Waals surface area contributed by atoms with Crippen LogP contribution in [0.15, 0.2) is 0 Å². The minimum absolute atomic E-state index is 0.309. The molecule has 3 aliphatic rings. The second-order valence-electron chi connectivity index (χ2n) is 7.37. The van der Waals surface area contributed by atoms with Gasteiger partial charge in [0.05, 0.1) is 25.2 Å². The zero-order valence-corrected chi connectivity index (χ0v) is 14.6. The zero-order valence-electron chi connectivity index (χ0n) is 14.6. The van der Waals surface area contributed by atoms with Gasteiger partial charge in [-0.3, -0.25) is 9.69 Å². The summed E-state index contributed by atoms with van der Waals surface area (Å²) >= 11 is 0. The molecule has 0 aromatic carbocycles. The Labute approximate surface area is 139 Å². The summed E-state index contributed by atoms with van der Waals surface area (Å²) in [6.45, 7) is 9.98. The van der Waals surface area contributed by atoms with E-state index in [0.717, 1.165) is 65.3 Å². The van der Waals surface area contributed by atoms with Gasteiger partial charge in [-0.05, 0) is 31.8 Å². The maximum absolute atomic E-state index is 13.3. The fraction of sp³-hybridized carbons (Fsp3) is 0.941. The lowest BCUT2D eigenvalue weighted by atomic mass is 9.78. The minimum atomic E-state index is -0.320. The van der Waals surface area contributed by atoms with Crippen molar-refractivity contribution in [3.63, 3.8) is 0 Å². The van der Waals surface area contributed by atoms with E-state index in [1.165, 1.54) is 0 Å². The number of nitrogens with zero attached hydrogens (tertiary/aromatic N) is 2. The summed E-state index contributed by atoms with van der Waals surface area (Å²) in [5.41, 5.74) is -0.320. The highest BCUT2D eigenvalue weighted by atomic mass is 16.5. The Morgan fingerprint density at radius 3 is 2.61 bits per heavy atom. The van der Waals surface area contributed by atoms with E-state index in [1.54, 1.807) is 7.11 Å². The normalized spacial score (nSPS) is 32.2. The molecular weight excluding hydrogens is 294 g/mol. The lowest BCUT2D eigenvalue weighted by Crippen LogP contribution is -2.52. The topological polar surface area (TPSA) is 54.0 Å². The van der Waals surface area contributed by atoms with Gasteiger partial charge in [-0.15, -0.1) is 0 Å². The first-order valence-corrected chi connectivity index (χ1v) is 8.97. The summed E-state index contributed by atoms with van der Waals surface area (Å²) in [7, 11) is 1.71. The van der Waals surface area contributed by atoms with E-state index < -0.39 is 0 Å². The molecule has 0 aliphatic carbocycles. The Morgan fingerprint density at radius 2 is 1.96 bits per heavy atom. The van der Waals surface area contributed by atoms with Crippen LogP contribution in [0, 0.1) is 11.3 Å². The molecule has 132 valence electrons. The molecule has 3 saturated heterocycles. The van der Waals surface area contributed by atoms with E-state index >= 15 is 0 Å². The van der Waals surface area contributed by atoms with Crippen LogP contribution in [0.1, 0.15) is 19.8 Å². The van der Waals surface area contributed by atoms with Crippen LogP contribution in [0.25, 0.3) is 0 Å². The molecule has 2 unspecified atom stereocenters. The molecule has 3 rings (SSSR count). The molecule has 0 bridgehead atoms. The van der Waals surface area contributed by atoms with Gasteiger partial charge in [0.1, 0.15) is 0 Å². The average Bonchev–Trinajstić information content (AvgIpc) is 2.98. The Bertz CT molecular complexity index is 400. The first-order chi connectivity index (χ1) is 11.2. The molecule has 0 aromatic heterocycles. The van der Waals surface area contributed by atoms with E-state index in [-0.39, 0.29) is 5.41 Å². The molecule has 3 heterocycles. The summed E-state index contributed by atoms with van der Waals surface area (Å²) in [6.07, 6.45) is 1.76. The predicted octanol–water partition coefficient (Wildman–Crippen LogP) is 0.182. The van der Waals surface area contributed by atoms with Crippen LogP contribution in [-0.2, 0) is 14.3 Å². The molecule has 3 aliphatic heterocycles. The number of rotatable bonds is 4. The summed E-state index contributed by atoms with van der Waals surface area (Å²) in [5.74, 6) is 0.835. The molecule has 23 heavy (non-hydrogen) atoms. The monoisotopic (exact) mass is 325 g/mol. The highest BCUT2D eigenvalue weighted by Gasteiger charge is 2.46. The largest absolute Gasteiger partial charge is 0.384 e. The molecule has 6 nitrogen and oxygen atoms in total. The Morgan fingerprint density at radius 1 is 1.26 bits per heavy atom. The third-order valence-corrected chi connectivity index (χ3v) is 5.81. The maximum Gasteiger partial charge on any atom is 0.231 e. The van der Waals surface area contributed by atoms with Gasteiger partial charge in [-0.25, -0.2) is 0 Å². The molecule has 0 aromatic rings. The number of carbonyl (C=O) groups is 1. The number of morpholine rings is 1. The Hall–Kier alpha value is -0.690. The molecular formula is C17H31N3O3. The van der Waals surface area contributed by atoms with Crippen LogP contribution in [0.5, 0.6) is 0 Å². The van der Waals surface area contributed by atoms with Crippen LogP contribution >= 0.6 is 0 Å². The molecule has 2 atom stereocenters. The van der Waals surface area contributed by atoms with Crippen LogP contribution < -0.4 is 5.32 Å². The second-order valence-corrected chi connectivity index (χ2v) is 7.37. The van der Waals surface area contributed by atoms with E-state index in [0.29, 0.717) is 24.5 Å². The highest BCUT2D eigenvalue weighted by Crippen LogP contribution is 2.34. The summed E-state index contributed by atoms with van der Waals surface area (Å²) < 4.78 is 10.9. The van der Waals surface area contributed by atoms with Crippen molar-refractivity contribution in [3.8, 4) is 0 Å². The van der Waals surface area contributed by atoms with E-state index in [9.17, 15) is 4.79 Å². The number of likely N-dealkylation sites (tertiary alicyclic amines) is 1. The number of hydrogen-bond acceptors (Lipinski definition) is 5. The van der Waals surface area contributed by atoms with Crippen molar-refractivity contribution in [2.75, 3.05) is 66.2 Å². The molecule has 0 saturated carbocycles. The lowest BCUT2D eigenvalue weighted by Gasteiger charge is -2.39. The molecule has 1 amide bonds. The second kappa shape index (κ2) is 7.47. The van der Waals surface area contributed by atoms with Gasteiger partial charge in [0.25, 0.3) is 0 Å². The predicted molar refractivity (Wildman–Crippen MR) is 88.3 cm³/mol. The van der Waals surface area contributed by atoms with Crippen LogP contribution in [0.2, 0.25) is 0 Å². The number of hydrogen-bond donors (Lipinski definition) is 1. The Kier molecular flexibility index (Phi) is 5.57. The molecule has 0 spiro atoms. The minimum Gasteiger partial charge on any atom is -0.384 e. The fourth-order valence-corrected chi connectivity index (χ4v) is 4.44. The number of piperidine rings is 1. The number of amides is 1. The van der Waals surface area contributed by atoms with Crippen molar-refractivity contribution < 1.29 is 14.3 Å². The lowest BCUT2D eigenvalue weighted by molar-refractivity contribution is -0.146. The van der Waals surface area contributed by atoms with Gasteiger partial charge in [0.15, 0.2) is 0 Å². The van der Waals surface area contributed by atoms with Gasteiger partial charge < -0.3 is 19.7 Å². The first-order valence-electron chi connectivity index (χ1n) is 8.97. The third kappa shape index (κ3) is 3.55. The number of ether oxygens (including phenoxy) is 2. The van der Waals surface area contributed by atoms with Crippen molar-refractivity contribution in [1.29, 1.82) is 0 Å². The number of nitrogens with one attached hydrogen (secondary N) is 1. The Balaban J connectivity index is 1.67. The quantitative estimate of drug-likeness (QED) is 0.799. The van der Waals surface area contributed by atoms with Crippen LogP contribution in [-0.4, -0.2) is 87.9 Å².